The first-order valence-electron chi connectivity index (χ1n) is 9.73. The third kappa shape index (κ3) is 3.15. The molecule has 3 nitrogen and oxygen atoms in total. The summed E-state index contributed by atoms with van der Waals surface area (Å²) in [6.45, 7) is 3.29. The number of nitrogens with zero attached hydrogens (tertiary/aromatic N) is 2. The molecule has 0 amide bonds. The molecule has 2 heterocycles. The van der Waals surface area contributed by atoms with Gasteiger partial charge in [0, 0.05) is 11.0 Å². The van der Waals surface area contributed by atoms with Gasteiger partial charge in [-0.15, -0.1) is 0 Å². The Hall–Kier alpha value is -2.63. The van der Waals surface area contributed by atoms with Gasteiger partial charge in [-0.2, -0.15) is 0 Å². The van der Waals surface area contributed by atoms with E-state index in [1.165, 1.54) is 23.0 Å². The Labute approximate surface area is 172 Å². The van der Waals surface area contributed by atoms with Crippen molar-refractivity contribution in [3.8, 4) is 10.6 Å². The molecular formula is C24H21FN2OS. The summed E-state index contributed by atoms with van der Waals surface area (Å²) >= 11 is 1.41. The first-order chi connectivity index (χ1) is 13.9. The van der Waals surface area contributed by atoms with Crippen molar-refractivity contribution in [1.29, 1.82) is 0 Å². The van der Waals surface area contributed by atoms with Gasteiger partial charge in [0.25, 0.3) is 0 Å². The van der Waals surface area contributed by atoms with Crippen LogP contribution in [-0.4, -0.2) is 15.1 Å². The number of thiazole rings is 1. The normalized spacial score (nSPS) is 15.6. The molecule has 0 saturated heterocycles. The molecule has 4 aromatic rings. The smallest absolute Gasteiger partial charge is 0.144 e. The number of benzene rings is 2. The summed E-state index contributed by atoms with van der Waals surface area (Å²) in [5.41, 5.74) is 3.03. The van der Waals surface area contributed by atoms with Crippen molar-refractivity contribution in [3.63, 3.8) is 0 Å². The van der Waals surface area contributed by atoms with Gasteiger partial charge in [-0.25, -0.2) is 14.4 Å². The maximum absolute atomic E-state index is 14.7. The van der Waals surface area contributed by atoms with Crippen molar-refractivity contribution >= 4 is 21.7 Å². The highest BCUT2D eigenvalue weighted by atomic mass is 32.1. The summed E-state index contributed by atoms with van der Waals surface area (Å²) in [5, 5.41) is 10.7. The molecule has 5 heteroatoms. The van der Waals surface area contributed by atoms with E-state index in [1.54, 1.807) is 26.0 Å². The number of rotatable bonds is 4. The van der Waals surface area contributed by atoms with Crippen molar-refractivity contribution in [3.05, 3.63) is 83.3 Å². The third-order valence-electron chi connectivity index (χ3n) is 5.73. The van der Waals surface area contributed by atoms with Crippen LogP contribution >= 0.6 is 11.3 Å². The van der Waals surface area contributed by atoms with E-state index in [4.69, 9.17) is 4.98 Å². The molecule has 1 saturated carbocycles. The van der Waals surface area contributed by atoms with Crippen LogP contribution in [0.1, 0.15) is 43.5 Å². The highest BCUT2D eigenvalue weighted by Gasteiger charge is 2.47. The number of aromatic nitrogens is 2. The van der Waals surface area contributed by atoms with Crippen molar-refractivity contribution < 1.29 is 9.50 Å². The fourth-order valence-corrected chi connectivity index (χ4v) is 4.81. The van der Waals surface area contributed by atoms with Crippen molar-refractivity contribution in [2.75, 3.05) is 0 Å². The van der Waals surface area contributed by atoms with Crippen LogP contribution in [0.5, 0.6) is 0 Å². The van der Waals surface area contributed by atoms with E-state index in [-0.39, 0.29) is 11.2 Å². The van der Waals surface area contributed by atoms with E-state index in [2.05, 4.69) is 35.3 Å². The zero-order valence-electron chi connectivity index (χ0n) is 16.3. The minimum Gasteiger partial charge on any atom is -0.386 e. The highest BCUT2D eigenvalue weighted by Crippen LogP contribution is 2.53. The number of pyridine rings is 1. The minimum atomic E-state index is -1.08. The molecule has 1 fully saturated rings. The van der Waals surface area contributed by atoms with Gasteiger partial charge in [-0.1, -0.05) is 47.7 Å². The van der Waals surface area contributed by atoms with Gasteiger partial charge in [0.15, 0.2) is 0 Å². The van der Waals surface area contributed by atoms with Crippen LogP contribution in [0.2, 0.25) is 0 Å². The number of hydrogen-bond donors (Lipinski definition) is 1. The molecule has 1 N–H and O–H groups in total. The predicted molar refractivity (Wildman–Crippen MR) is 115 cm³/mol. The highest BCUT2D eigenvalue weighted by molar-refractivity contribution is 7.21. The lowest BCUT2D eigenvalue weighted by Crippen LogP contribution is -2.15. The molecule has 0 spiro atoms. The second kappa shape index (κ2) is 6.44. The number of fused-ring (bicyclic) bond motifs is 1. The Morgan fingerprint density at radius 1 is 1.00 bits per heavy atom. The molecule has 5 rings (SSSR count). The van der Waals surface area contributed by atoms with Gasteiger partial charge < -0.3 is 5.11 Å². The van der Waals surface area contributed by atoms with Crippen LogP contribution in [-0.2, 0) is 11.0 Å². The molecular weight excluding hydrogens is 383 g/mol. The van der Waals surface area contributed by atoms with Gasteiger partial charge in [0.05, 0.1) is 11.3 Å². The van der Waals surface area contributed by atoms with E-state index in [0.29, 0.717) is 16.1 Å². The molecule has 2 aromatic heterocycles. The van der Waals surface area contributed by atoms with Crippen LogP contribution < -0.4 is 0 Å². The maximum atomic E-state index is 14.7. The minimum absolute atomic E-state index is 0.000783. The summed E-state index contributed by atoms with van der Waals surface area (Å²) < 4.78 is 14.7. The molecule has 0 bridgehead atoms. The topological polar surface area (TPSA) is 46.0 Å². The standard InChI is InChI=1S/C24H21FN2OS/c1-23(2,28)16-8-9-17(18(25)14-16)21-26-19-10-11-20(27-22(19)29-21)24(12-13-24)15-6-4-3-5-7-15/h3-11,14,28H,12-13H2,1-2H3. The van der Waals surface area contributed by atoms with Crippen LogP contribution in [0.4, 0.5) is 4.39 Å². The van der Waals surface area contributed by atoms with E-state index < -0.39 is 5.60 Å². The molecule has 146 valence electrons. The average Bonchev–Trinajstić information content (AvgIpc) is 3.41. The van der Waals surface area contributed by atoms with E-state index in [1.807, 2.05) is 12.1 Å². The molecule has 29 heavy (non-hydrogen) atoms. The SMILES string of the molecule is CC(C)(O)c1ccc(-c2nc3ccc(C4(c5ccccc5)CC4)nc3s2)c(F)c1. The van der Waals surface area contributed by atoms with Gasteiger partial charge in [0.1, 0.15) is 21.2 Å². The van der Waals surface area contributed by atoms with E-state index >= 15 is 0 Å². The van der Waals surface area contributed by atoms with Crippen molar-refractivity contribution in [2.45, 2.75) is 37.7 Å². The van der Waals surface area contributed by atoms with Crippen LogP contribution in [0.25, 0.3) is 20.9 Å². The van der Waals surface area contributed by atoms with E-state index in [0.717, 1.165) is 28.9 Å². The summed E-state index contributed by atoms with van der Waals surface area (Å²) in [5.74, 6) is -0.383. The van der Waals surface area contributed by atoms with Crippen LogP contribution in [0.3, 0.4) is 0 Å². The lowest BCUT2D eigenvalue weighted by molar-refractivity contribution is 0.0782. The van der Waals surface area contributed by atoms with Crippen molar-refractivity contribution in [1.82, 2.24) is 9.97 Å². The van der Waals surface area contributed by atoms with Gasteiger partial charge >= 0.3 is 0 Å². The number of hydrogen-bond acceptors (Lipinski definition) is 4. The van der Waals surface area contributed by atoms with E-state index in [9.17, 15) is 9.50 Å². The molecule has 1 aliphatic rings. The molecule has 0 aliphatic heterocycles. The quantitative estimate of drug-likeness (QED) is 0.467. The maximum Gasteiger partial charge on any atom is 0.144 e. The lowest BCUT2D eigenvalue weighted by Gasteiger charge is -2.18. The second-order valence-electron chi connectivity index (χ2n) is 8.24. The van der Waals surface area contributed by atoms with Gasteiger partial charge in [-0.3, -0.25) is 0 Å². The monoisotopic (exact) mass is 404 g/mol. The Morgan fingerprint density at radius 3 is 2.41 bits per heavy atom. The summed E-state index contributed by atoms with van der Waals surface area (Å²) in [6, 6.07) is 19.4. The Kier molecular flexibility index (Phi) is 4.09. The van der Waals surface area contributed by atoms with Crippen molar-refractivity contribution in [2.24, 2.45) is 0 Å². The second-order valence-corrected chi connectivity index (χ2v) is 9.22. The zero-order valence-corrected chi connectivity index (χ0v) is 17.1. The predicted octanol–water partition coefficient (Wildman–Crippen LogP) is 5.80. The summed E-state index contributed by atoms with van der Waals surface area (Å²) in [6.07, 6.45) is 2.18. The van der Waals surface area contributed by atoms with Gasteiger partial charge in [0.2, 0.25) is 0 Å². The molecule has 2 aromatic carbocycles. The molecule has 0 radical (unpaired) electrons. The summed E-state index contributed by atoms with van der Waals surface area (Å²) in [7, 11) is 0. The van der Waals surface area contributed by atoms with Crippen LogP contribution in [0.15, 0.2) is 60.7 Å². The fourth-order valence-electron chi connectivity index (χ4n) is 3.84. The number of aliphatic hydroxyl groups is 1. The summed E-state index contributed by atoms with van der Waals surface area (Å²) in [4.78, 5) is 10.3. The first-order valence-corrected chi connectivity index (χ1v) is 10.5. The first kappa shape index (κ1) is 18.4. The zero-order chi connectivity index (χ0) is 20.2. The Morgan fingerprint density at radius 2 is 1.76 bits per heavy atom. The van der Waals surface area contributed by atoms with Gasteiger partial charge in [-0.05, 0) is 62.1 Å². The Bertz CT molecular complexity index is 1210. The molecule has 0 unspecified atom stereocenters. The third-order valence-corrected chi connectivity index (χ3v) is 6.73. The Balaban J connectivity index is 1.54. The lowest BCUT2D eigenvalue weighted by atomic mass is 9.92. The fraction of sp³-hybridized carbons (Fsp3) is 0.250. The largest absolute Gasteiger partial charge is 0.386 e. The average molecular weight is 405 g/mol. The number of halogens is 1. The molecule has 0 atom stereocenters. The van der Waals surface area contributed by atoms with Crippen LogP contribution in [0, 0.1) is 5.82 Å². The molecule has 1 aliphatic carbocycles.